The summed E-state index contributed by atoms with van der Waals surface area (Å²) in [6, 6.07) is 10.2. The van der Waals surface area contributed by atoms with E-state index in [0.717, 1.165) is 30.8 Å². The van der Waals surface area contributed by atoms with Gasteiger partial charge in [-0.05, 0) is 37.5 Å². The lowest BCUT2D eigenvalue weighted by Gasteiger charge is -2.23. The molecule has 0 bridgehead atoms. The zero-order valence-electron chi connectivity index (χ0n) is 14.5. The van der Waals surface area contributed by atoms with Gasteiger partial charge in [-0.25, -0.2) is 0 Å². The summed E-state index contributed by atoms with van der Waals surface area (Å²) in [5, 5.41) is 3.36. The van der Waals surface area contributed by atoms with Gasteiger partial charge in [-0.15, -0.1) is 0 Å². The van der Waals surface area contributed by atoms with Crippen LogP contribution < -0.4 is 10.2 Å². The number of para-hydroxylation sites is 1. The van der Waals surface area contributed by atoms with Crippen molar-refractivity contribution in [3.8, 4) is 0 Å². The van der Waals surface area contributed by atoms with Crippen molar-refractivity contribution >= 4 is 17.3 Å². The number of aromatic nitrogens is 1. The molecule has 1 aromatic heterocycles. The molecule has 1 atom stereocenters. The number of benzene rings is 1. The fourth-order valence-corrected chi connectivity index (χ4v) is 3.28. The zero-order chi connectivity index (χ0) is 16.9. The molecule has 4 nitrogen and oxygen atoms in total. The molecule has 1 unspecified atom stereocenters. The molecule has 2 heterocycles. The van der Waals surface area contributed by atoms with Gasteiger partial charge in [-0.3, -0.25) is 9.78 Å². The number of hydrogen-bond acceptors (Lipinski definition) is 3. The average molecular weight is 323 g/mol. The summed E-state index contributed by atoms with van der Waals surface area (Å²) >= 11 is 0. The number of carbonyl (C=O) groups excluding carboxylic acids is 1. The number of hydrogen-bond donors (Lipinski definition) is 1. The van der Waals surface area contributed by atoms with Crippen molar-refractivity contribution < 1.29 is 4.79 Å². The highest BCUT2D eigenvalue weighted by Crippen LogP contribution is 2.33. The Morgan fingerprint density at radius 1 is 1.29 bits per heavy atom. The maximum Gasteiger partial charge on any atom is 0.260 e. The van der Waals surface area contributed by atoms with Crippen LogP contribution in [-0.2, 0) is 6.42 Å². The molecule has 3 rings (SSSR count). The molecular formula is C20H25N3O. The molecular weight excluding hydrogens is 298 g/mol. The predicted molar refractivity (Wildman–Crippen MR) is 98.7 cm³/mol. The van der Waals surface area contributed by atoms with Gasteiger partial charge in [-0.1, -0.05) is 38.0 Å². The molecule has 1 aliphatic heterocycles. The molecule has 2 aromatic rings. The van der Waals surface area contributed by atoms with Crippen LogP contribution in [0.15, 0.2) is 42.7 Å². The van der Waals surface area contributed by atoms with Crippen LogP contribution in [0.4, 0.5) is 11.4 Å². The Hall–Kier alpha value is -2.36. The smallest absolute Gasteiger partial charge is 0.260 e. The van der Waals surface area contributed by atoms with Gasteiger partial charge in [-0.2, -0.15) is 0 Å². The van der Waals surface area contributed by atoms with Crippen molar-refractivity contribution in [2.24, 2.45) is 0 Å². The van der Waals surface area contributed by atoms with E-state index in [0.29, 0.717) is 5.56 Å². The van der Waals surface area contributed by atoms with Gasteiger partial charge in [0.05, 0.1) is 11.3 Å². The van der Waals surface area contributed by atoms with Crippen LogP contribution in [-0.4, -0.2) is 23.5 Å². The molecule has 0 saturated heterocycles. The Balaban J connectivity index is 1.76. The highest BCUT2D eigenvalue weighted by molar-refractivity contribution is 6.08. The highest BCUT2D eigenvalue weighted by Gasteiger charge is 2.31. The van der Waals surface area contributed by atoms with Crippen LogP contribution in [0.5, 0.6) is 0 Å². The van der Waals surface area contributed by atoms with E-state index in [1.807, 2.05) is 29.2 Å². The molecule has 1 amide bonds. The first-order chi connectivity index (χ1) is 11.7. The average Bonchev–Trinajstić information content (AvgIpc) is 2.94. The first kappa shape index (κ1) is 16.5. The number of carbonyl (C=O) groups is 1. The lowest BCUT2D eigenvalue weighted by molar-refractivity contribution is 0.0981. The molecule has 0 radical (unpaired) electrons. The fraction of sp³-hybridized carbons (Fsp3) is 0.400. The van der Waals surface area contributed by atoms with E-state index in [4.69, 9.17) is 0 Å². The zero-order valence-corrected chi connectivity index (χ0v) is 14.5. The molecule has 0 spiro atoms. The molecule has 1 N–H and O–H groups in total. The van der Waals surface area contributed by atoms with Gasteiger partial charge < -0.3 is 10.2 Å². The van der Waals surface area contributed by atoms with Crippen LogP contribution in [0.25, 0.3) is 0 Å². The summed E-state index contributed by atoms with van der Waals surface area (Å²) in [5.41, 5.74) is 3.81. The molecule has 0 saturated carbocycles. The number of nitrogens with zero attached hydrogens (tertiary/aromatic N) is 2. The molecule has 1 aromatic carbocycles. The normalized spacial score (nSPS) is 16.1. The summed E-state index contributed by atoms with van der Waals surface area (Å²) < 4.78 is 0. The molecule has 0 aliphatic carbocycles. The van der Waals surface area contributed by atoms with Crippen LogP contribution in [0.3, 0.4) is 0 Å². The maximum absolute atomic E-state index is 13.0. The van der Waals surface area contributed by atoms with E-state index in [2.05, 4.69) is 30.2 Å². The summed E-state index contributed by atoms with van der Waals surface area (Å²) in [4.78, 5) is 19.1. The van der Waals surface area contributed by atoms with Crippen molar-refractivity contribution in [1.29, 1.82) is 0 Å². The van der Waals surface area contributed by atoms with Gasteiger partial charge in [0.25, 0.3) is 5.91 Å². The number of fused-ring (bicyclic) bond motifs is 1. The second-order valence-corrected chi connectivity index (χ2v) is 6.45. The number of unbranched alkanes of at least 4 members (excludes halogenated alkanes) is 2. The highest BCUT2D eigenvalue weighted by atomic mass is 16.2. The van der Waals surface area contributed by atoms with Crippen molar-refractivity contribution in [2.45, 2.75) is 45.6 Å². The second kappa shape index (κ2) is 7.47. The largest absolute Gasteiger partial charge is 0.384 e. The van der Waals surface area contributed by atoms with Crippen LogP contribution >= 0.6 is 0 Å². The van der Waals surface area contributed by atoms with Gasteiger partial charge in [0.2, 0.25) is 0 Å². The van der Waals surface area contributed by atoms with Crippen molar-refractivity contribution in [3.05, 3.63) is 53.9 Å². The third-order valence-corrected chi connectivity index (χ3v) is 4.52. The van der Waals surface area contributed by atoms with Crippen molar-refractivity contribution in [2.75, 3.05) is 16.8 Å². The van der Waals surface area contributed by atoms with Gasteiger partial charge in [0.1, 0.15) is 0 Å². The third kappa shape index (κ3) is 3.42. The monoisotopic (exact) mass is 323 g/mol. The Labute approximate surface area is 143 Å². The van der Waals surface area contributed by atoms with Crippen molar-refractivity contribution in [3.63, 3.8) is 0 Å². The molecule has 126 valence electrons. The predicted octanol–water partition coefficient (Wildman–Crippen LogP) is 4.28. The van der Waals surface area contributed by atoms with E-state index < -0.39 is 0 Å². The van der Waals surface area contributed by atoms with Crippen LogP contribution in [0.2, 0.25) is 0 Å². The van der Waals surface area contributed by atoms with E-state index in [-0.39, 0.29) is 11.9 Å². The molecule has 0 fully saturated rings. The summed E-state index contributed by atoms with van der Waals surface area (Å²) in [6.07, 6.45) is 7.89. The minimum absolute atomic E-state index is 0.0251. The quantitative estimate of drug-likeness (QED) is 0.807. The minimum Gasteiger partial charge on any atom is -0.384 e. The van der Waals surface area contributed by atoms with E-state index in [1.54, 1.807) is 12.4 Å². The summed E-state index contributed by atoms with van der Waals surface area (Å²) in [5.74, 6) is 0.0251. The first-order valence-electron chi connectivity index (χ1n) is 8.81. The molecule has 24 heavy (non-hydrogen) atoms. The summed E-state index contributed by atoms with van der Waals surface area (Å²) in [6.45, 7) is 5.20. The van der Waals surface area contributed by atoms with Gasteiger partial charge in [0, 0.05) is 30.7 Å². The first-order valence-corrected chi connectivity index (χ1v) is 8.81. The Morgan fingerprint density at radius 3 is 2.96 bits per heavy atom. The third-order valence-electron chi connectivity index (χ3n) is 4.52. The Morgan fingerprint density at radius 2 is 2.12 bits per heavy atom. The summed E-state index contributed by atoms with van der Waals surface area (Å²) in [7, 11) is 0. The molecule has 4 heteroatoms. The fourth-order valence-electron chi connectivity index (χ4n) is 3.28. The number of nitrogens with one attached hydrogen (secondary N) is 1. The number of anilines is 2. The topological polar surface area (TPSA) is 45.2 Å². The van der Waals surface area contributed by atoms with Gasteiger partial charge >= 0.3 is 0 Å². The minimum atomic E-state index is 0.0251. The van der Waals surface area contributed by atoms with Crippen LogP contribution in [0.1, 0.15) is 49.0 Å². The van der Waals surface area contributed by atoms with E-state index in [1.165, 1.54) is 18.4 Å². The Bertz CT molecular complexity index is 714. The number of pyridine rings is 1. The second-order valence-electron chi connectivity index (χ2n) is 6.45. The molecule has 1 aliphatic rings. The maximum atomic E-state index is 13.0. The Kier molecular flexibility index (Phi) is 5.14. The van der Waals surface area contributed by atoms with E-state index >= 15 is 0 Å². The SMILES string of the molecule is CCCCCNc1cncc(C(=O)N2c3ccccc3CC2C)c1. The lowest BCUT2D eigenvalue weighted by Crippen LogP contribution is -2.35. The van der Waals surface area contributed by atoms with Crippen LogP contribution in [0, 0.1) is 0 Å². The lowest BCUT2D eigenvalue weighted by atomic mass is 10.1. The van der Waals surface area contributed by atoms with Crippen molar-refractivity contribution in [1.82, 2.24) is 4.98 Å². The van der Waals surface area contributed by atoms with E-state index in [9.17, 15) is 4.79 Å². The standard InChI is InChI=1S/C20H25N3O/c1-3-4-7-10-22-18-12-17(13-21-14-18)20(24)23-15(2)11-16-8-5-6-9-19(16)23/h5-6,8-9,12-15,22H,3-4,7,10-11H2,1-2H3. The van der Waals surface area contributed by atoms with Gasteiger partial charge in [0.15, 0.2) is 0 Å². The number of rotatable bonds is 6. The number of amides is 1.